The van der Waals surface area contributed by atoms with Crippen molar-refractivity contribution in [1.82, 2.24) is 25.4 Å². The van der Waals surface area contributed by atoms with Crippen molar-refractivity contribution in [3.8, 4) is 0 Å². The number of aromatic amines is 1. The molecule has 2 aromatic heterocycles. The van der Waals surface area contributed by atoms with Gasteiger partial charge in [-0.1, -0.05) is 6.92 Å². The predicted octanol–water partition coefficient (Wildman–Crippen LogP) is 1.81. The van der Waals surface area contributed by atoms with Crippen LogP contribution in [0.2, 0.25) is 0 Å². The molecule has 0 bridgehead atoms. The zero-order chi connectivity index (χ0) is 20.4. The molecular formula is C21H32N6O2. The van der Waals surface area contributed by atoms with Crippen molar-refractivity contribution in [3.05, 3.63) is 17.8 Å². The van der Waals surface area contributed by atoms with E-state index in [2.05, 4.69) is 37.6 Å². The molecule has 4 rings (SSSR count). The molecule has 1 saturated heterocycles. The van der Waals surface area contributed by atoms with Gasteiger partial charge >= 0.3 is 0 Å². The second-order valence-electron chi connectivity index (χ2n) is 8.60. The third-order valence-electron chi connectivity index (χ3n) is 6.46. The molecule has 2 fully saturated rings. The molecule has 1 aliphatic carbocycles. The molecule has 1 aliphatic heterocycles. The standard InChI is InChI=1S/C21H32N6O2/c1-3-18(28)14-4-6-16(7-5-14)27-11-15(12-27)24-19(29)10-23-21-17-8-13(2)9-22-20(17)25-26-21/h8-9,14-16,18,28H,3-7,10-12H2,1-2H3,(H,24,29)(H2,22,23,25,26)/t14-,16+,18?. The van der Waals surface area contributed by atoms with Crippen LogP contribution >= 0.6 is 0 Å². The Morgan fingerprint density at radius 3 is 2.83 bits per heavy atom. The number of hydrogen-bond donors (Lipinski definition) is 4. The number of likely N-dealkylation sites (tertiary alicyclic amines) is 1. The van der Waals surface area contributed by atoms with E-state index in [0.29, 0.717) is 23.4 Å². The van der Waals surface area contributed by atoms with Crippen molar-refractivity contribution < 1.29 is 9.90 Å². The molecule has 158 valence electrons. The number of aromatic nitrogens is 3. The van der Waals surface area contributed by atoms with Crippen LogP contribution < -0.4 is 10.6 Å². The first-order valence-corrected chi connectivity index (χ1v) is 10.8. The molecule has 4 N–H and O–H groups in total. The van der Waals surface area contributed by atoms with Crippen LogP contribution in [0.15, 0.2) is 12.3 Å². The van der Waals surface area contributed by atoms with Crippen LogP contribution in [0.3, 0.4) is 0 Å². The summed E-state index contributed by atoms with van der Waals surface area (Å²) in [5.41, 5.74) is 1.77. The zero-order valence-corrected chi connectivity index (χ0v) is 17.3. The molecule has 3 heterocycles. The maximum Gasteiger partial charge on any atom is 0.239 e. The van der Waals surface area contributed by atoms with Crippen molar-refractivity contribution in [3.63, 3.8) is 0 Å². The van der Waals surface area contributed by atoms with Crippen molar-refractivity contribution in [1.29, 1.82) is 0 Å². The first-order chi connectivity index (χ1) is 14.0. The van der Waals surface area contributed by atoms with Gasteiger partial charge in [0, 0.05) is 25.3 Å². The summed E-state index contributed by atoms with van der Waals surface area (Å²) in [4.78, 5) is 19.1. The number of aliphatic hydroxyl groups excluding tert-OH is 1. The van der Waals surface area contributed by atoms with E-state index in [0.717, 1.165) is 56.1 Å². The monoisotopic (exact) mass is 400 g/mol. The lowest BCUT2D eigenvalue weighted by atomic mass is 9.80. The van der Waals surface area contributed by atoms with Gasteiger partial charge in [-0.15, -0.1) is 0 Å². The fourth-order valence-corrected chi connectivity index (χ4v) is 4.67. The number of nitrogens with zero attached hydrogens (tertiary/aromatic N) is 3. The van der Waals surface area contributed by atoms with Crippen LogP contribution in [0.25, 0.3) is 11.0 Å². The molecule has 8 nitrogen and oxygen atoms in total. The molecule has 1 atom stereocenters. The molecule has 0 aromatic carbocycles. The summed E-state index contributed by atoms with van der Waals surface area (Å²) in [7, 11) is 0. The number of H-pyrrole nitrogens is 1. The summed E-state index contributed by atoms with van der Waals surface area (Å²) in [5.74, 6) is 1.12. The molecule has 0 spiro atoms. The highest BCUT2D eigenvalue weighted by atomic mass is 16.3. The number of anilines is 1. The number of carbonyl (C=O) groups is 1. The highest BCUT2D eigenvalue weighted by Crippen LogP contribution is 2.32. The van der Waals surface area contributed by atoms with Gasteiger partial charge in [0.25, 0.3) is 0 Å². The molecule has 1 saturated carbocycles. The number of amides is 1. The Balaban J connectivity index is 1.18. The van der Waals surface area contributed by atoms with Crippen molar-refractivity contribution in [2.24, 2.45) is 5.92 Å². The Kier molecular flexibility index (Phi) is 6.01. The maximum absolute atomic E-state index is 12.3. The van der Waals surface area contributed by atoms with Crippen molar-refractivity contribution in [2.75, 3.05) is 25.0 Å². The van der Waals surface area contributed by atoms with E-state index in [9.17, 15) is 9.90 Å². The van der Waals surface area contributed by atoms with Gasteiger partial charge in [-0.25, -0.2) is 4.98 Å². The Bertz CT molecular complexity index is 839. The fourth-order valence-electron chi connectivity index (χ4n) is 4.67. The molecule has 2 aromatic rings. The molecule has 2 aliphatic rings. The van der Waals surface area contributed by atoms with E-state index >= 15 is 0 Å². The van der Waals surface area contributed by atoms with Gasteiger partial charge in [-0.05, 0) is 56.6 Å². The number of aryl methyl sites for hydroxylation is 1. The van der Waals surface area contributed by atoms with Gasteiger partial charge in [0.05, 0.1) is 24.1 Å². The van der Waals surface area contributed by atoms with E-state index in [1.54, 1.807) is 6.20 Å². The Hall–Kier alpha value is -2.19. The van der Waals surface area contributed by atoms with Crippen LogP contribution in [0, 0.1) is 12.8 Å². The summed E-state index contributed by atoms with van der Waals surface area (Å²) in [6.07, 6.45) is 7.04. The van der Waals surface area contributed by atoms with E-state index < -0.39 is 0 Å². The Labute approximate surface area is 171 Å². The minimum atomic E-state index is -0.141. The summed E-state index contributed by atoms with van der Waals surface area (Å²) in [6.45, 7) is 6.08. The fraction of sp³-hybridized carbons (Fsp3) is 0.667. The number of hydrogen-bond acceptors (Lipinski definition) is 6. The smallest absolute Gasteiger partial charge is 0.239 e. The van der Waals surface area contributed by atoms with Crippen LogP contribution in [0.5, 0.6) is 0 Å². The van der Waals surface area contributed by atoms with E-state index in [1.165, 1.54) is 0 Å². The summed E-state index contributed by atoms with van der Waals surface area (Å²) in [6, 6.07) is 2.83. The quantitative estimate of drug-likeness (QED) is 0.565. The lowest BCUT2D eigenvalue weighted by Crippen LogP contribution is -2.63. The highest BCUT2D eigenvalue weighted by Gasteiger charge is 2.36. The Morgan fingerprint density at radius 2 is 2.10 bits per heavy atom. The summed E-state index contributed by atoms with van der Waals surface area (Å²) in [5, 5.41) is 24.2. The number of nitrogens with one attached hydrogen (secondary N) is 3. The molecular weight excluding hydrogens is 368 g/mol. The SMILES string of the molecule is CCC(O)[C@H]1CC[C@@H](N2CC(NC(=O)CNc3n[nH]c4ncc(C)cc34)C2)CC1. The van der Waals surface area contributed by atoms with Crippen LogP contribution in [-0.4, -0.2) is 68.9 Å². The third kappa shape index (κ3) is 4.53. The van der Waals surface area contributed by atoms with Crippen LogP contribution in [0.4, 0.5) is 5.82 Å². The van der Waals surface area contributed by atoms with Crippen LogP contribution in [-0.2, 0) is 4.79 Å². The third-order valence-corrected chi connectivity index (χ3v) is 6.46. The number of carbonyl (C=O) groups excluding carboxylic acids is 1. The summed E-state index contributed by atoms with van der Waals surface area (Å²) >= 11 is 0. The molecule has 1 amide bonds. The molecule has 0 radical (unpaired) electrons. The van der Waals surface area contributed by atoms with Crippen molar-refractivity contribution >= 4 is 22.8 Å². The average molecular weight is 401 g/mol. The normalized spacial score (nSPS) is 24.2. The van der Waals surface area contributed by atoms with Crippen LogP contribution in [0.1, 0.15) is 44.6 Å². The summed E-state index contributed by atoms with van der Waals surface area (Å²) < 4.78 is 0. The minimum Gasteiger partial charge on any atom is -0.393 e. The Morgan fingerprint density at radius 1 is 1.34 bits per heavy atom. The first kappa shape index (κ1) is 20.1. The predicted molar refractivity (Wildman–Crippen MR) is 113 cm³/mol. The number of aliphatic hydroxyl groups is 1. The van der Waals surface area contributed by atoms with Gasteiger partial charge in [-0.3, -0.25) is 14.8 Å². The molecule has 8 heteroatoms. The van der Waals surface area contributed by atoms with E-state index in [-0.39, 0.29) is 24.6 Å². The van der Waals surface area contributed by atoms with Gasteiger partial charge < -0.3 is 15.7 Å². The average Bonchev–Trinajstić information content (AvgIpc) is 3.10. The number of fused-ring (bicyclic) bond motifs is 1. The second kappa shape index (κ2) is 8.67. The topological polar surface area (TPSA) is 106 Å². The second-order valence-corrected chi connectivity index (χ2v) is 8.60. The van der Waals surface area contributed by atoms with Gasteiger partial charge in [0.15, 0.2) is 11.5 Å². The van der Waals surface area contributed by atoms with Crippen molar-refractivity contribution in [2.45, 2.75) is 64.1 Å². The molecule has 29 heavy (non-hydrogen) atoms. The van der Waals surface area contributed by atoms with Gasteiger partial charge in [0.2, 0.25) is 5.91 Å². The van der Waals surface area contributed by atoms with Gasteiger partial charge in [-0.2, -0.15) is 5.10 Å². The zero-order valence-electron chi connectivity index (χ0n) is 17.3. The maximum atomic E-state index is 12.3. The minimum absolute atomic E-state index is 0.0128. The van der Waals surface area contributed by atoms with E-state index in [4.69, 9.17) is 0 Å². The lowest BCUT2D eigenvalue weighted by Gasteiger charge is -2.47. The van der Waals surface area contributed by atoms with E-state index in [1.807, 2.05) is 13.0 Å². The number of rotatable bonds is 7. The number of pyridine rings is 1. The molecule has 1 unspecified atom stereocenters. The largest absolute Gasteiger partial charge is 0.393 e. The first-order valence-electron chi connectivity index (χ1n) is 10.8. The highest BCUT2D eigenvalue weighted by molar-refractivity contribution is 5.89. The van der Waals surface area contributed by atoms with Gasteiger partial charge in [0.1, 0.15) is 0 Å². The lowest BCUT2D eigenvalue weighted by molar-refractivity contribution is -0.121.